The maximum Gasteiger partial charge on any atom is 0.416 e. The van der Waals surface area contributed by atoms with Crippen LogP contribution in [0.25, 0.3) is 11.0 Å². The molecule has 1 amide bonds. The molecular weight excluding hydrogens is 390 g/mol. The van der Waals surface area contributed by atoms with E-state index in [1.807, 2.05) is 37.5 Å². The number of ether oxygens (including phenoxy) is 1. The minimum atomic E-state index is -0.495. The fourth-order valence-electron chi connectivity index (χ4n) is 5.23. The van der Waals surface area contributed by atoms with Crippen LogP contribution >= 0.6 is 0 Å². The third kappa shape index (κ3) is 3.52. The van der Waals surface area contributed by atoms with Crippen LogP contribution in [0, 0.1) is 23.7 Å². The monoisotopic (exact) mass is 415 g/mol. The number of anilines is 1. The van der Waals surface area contributed by atoms with Crippen LogP contribution < -0.4 is 4.90 Å². The summed E-state index contributed by atoms with van der Waals surface area (Å²) < 4.78 is 8.13. The SMILES string of the molecule is Cc1ccc(N2CC3(CCCC(C)(Cn4cnc5ccc(C#N)cc54)C3)OC2=O)nc1. The number of hydrogen-bond acceptors (Lipinski definition) is 5. The fraction of sp³-hybridized carbons (Fsp3) is 0.417. The number of nitriles is 1. The lowest BCUT2D eigenvalue weighted by Crippen LogP contribution is -2.45. The highest BCUT2D eigenvalue weighted by molar-refractivity contribution is 5.89. The van der Waals surface area contributed by atoms with Crippen molar-refractivity contribution in [3.8, 4) is 6.07 Å². The van der Waals surface area contributed by atoms with Crippen molar-refractivity contribution in [2.75, 3.05) is 11.4 Å². The number of amides is 1. The fourth-order valence-corrected chi connectivity index (χ4v) is 5.23. The first-order chi connectivity index (χ1) is 14.9. The minimum Gasteiger partial charge on any atom is -0.441 e. The van der Waals surface area contributed by atoms with Gasteiger partial charge in [-0.2, -0.15) is 5.26 Å². The van der Waals surface area contributed by atoms with Gasteiger partial charge in [-0.05, 0) is 67.9 Å². The molecule has 1 saturated heterocycles. The minimum absolute atomic E-state index is 0.0501. The molecule has 31 heavy (non-hydrogen) atoms. The van der Waals surface area contributed by atoms with Crippen molar-refractivity contribution in [1.82, 2.24) is 14.5 Å². The molecule has 1 saturated carbocycles. The normalized spacial score (nSPS) is 25.7. The van der Waals surface area contributed by atoms with Gasteiger partial charge >= 0.3 is 6.09 Å². The van der Waals surface area contributed by atoms with Gasteiger partial charge in [-0.3, -0.25) is 4.90 Å². The predicted molar refractivity (Wildman–Crippen MR) is 117 cm³/mol. The molecule has 0 bridgehead atoms. The molecule has 0 radical (unpaired) electrons. The lowest BCUT2D eigenvalue weighted by atomic mass is 9.68. The second-order valence-electron chi connectivity index (χ2n) is 9.36. The highest BCUT2D eigenvalue weighted by atomic mass is 16.6. The van der Waals surface area contributed by atoms with Gasteiger partial charge in [0.1, 0.15) is 11.4 Å². The number of imidazole rings is 1. The molecule has 0 N–H and O–H groups in total. The maximum atomic E-state index is 12.7. The van der Waals surface area contributed by atoms with Crippen molar-refractivity contribution >= 4 is 22.9 Å². The van der Waals surface area contributed by atoms with Gasteiger partial charge in [-0.15, -0.1) is 0 Å². The number of carbonyl (C=O) groups is 1. The number of benzene rings is 1. The Kier molecular flexibility index (Phi) is 4.47. The van der Waals surface area contributed by atoms with E-state index in [9.17, 15) is 10.1 Å². The summed E-state index contributed by atoms with van der Waals surface area (Å²) in [5, 5.41) is 9.26. The Balaban J connectivity index is 1.39. The van der Waals surface area contributed by atoms with Crippen LogP contribution in [0.4, 0.5) is 10.6 Å². The predicted octanol–water partition coefficient (Wildman–Crippen LogP) is 4.59. The molecule has 3 heterocycles. The van der Waals surface area contributed by atoms with Crippen LogP contribution in [0.3, 0.4) is 0 Å². The Hall–Kier alpha value is -3.40. The molecule has 5 rings (SSSR count). The van der Waals surface area contributed by atoms with E-state index in [0.29, 0.717) is 17.9 Å². The van der Waals surface area contributed by atoms with Crippen molar-refractivity contribution in [3.05, 3.63) is 54.0 Å². The second kappa shape index (κ2) is 7.09. The summed E-state index contributed by atoms with van der Waals surface area (Å²) in [6, 6.07) is 11.6. The van der Waals surface area contributed by atoms with E-state index in [1.54, 1.807) is 17.2 Å². The molecule has 2 aliphatic rings. The largest absolute Gasteiger partial charge is 0.441 e. The van der Waals surface area contributed by atoms with Gasteiger partial charge < -0.3 is 9.30 Å². The highest BCUT2D eigenvalue weighted by Crippen LogP contribution is 2.47. The van der Waals surface area contributed by atoms with Crippen molar-refractivity contribution in [2.45, 2.75) is 51.7 Å². The molecular formula is C24H25N5O2. The average molecular weight is 415 g/mol. The Bertz CT molecular complexity index is 1190. The number of fused-ring (bicyclic) bond motifs is 1. The molecule has 158 valence electrons. The van der Waals surface area contributed by atoms with E-state index in [2.05, 4.69) is 27.5 Å². The molecule has 3 aromatic rings. The van der Waals surface area contributed by atoms with Gasteiger partial charge in [-0.1, -0.05) is 13.0 Å². The number of nitrogens with zero attached hydrogens (tertiary/aromatic N) is 5. The number of rotatable bonds is 3. The summed E-state index contributed by atoms with van der Waals surface area (Å²) in [7, 11) is 0. The van der Waals surface area contributed by atoms with Crippen molar-refractivity contribution < 1.29 is 9.53 Å². The Morgan fingerprint density at radius 1 is 1.23 bits per heavy atom. The molecule has 7 nitrogen and oxygen atoms in total. The summed E-state index contributed by atoms with van der Waals surface area (Å²) in [6.07, 6.45) is 7.00. The van der Waals surface area contributed by atoms with E-state index in [0.717, 1.165) is 48.8 Å². The summed E-state index contributed by atoms with van der Waals surface area (Å²) in [5.74, 6) is 0.643. The molecule has 1 aromatic carbocycles. The van der Waals surface area contributed by atoms with Crippen LogP contribution in [0.2, 0.25) is 0 Å². The third-order valence-corrected chi connectivity index (χ3v) is 6.61. The third-order valence-electron chi connectivity index (χ3n) is 6.61. The first kappa shape index (κ1) is 19.6. The number of carbonyl (C=O) groups excluding carboxylic acids is 1. The van der Waals surface area contributed by atoms with Gasteiger partial charge in [0.15, 0.2) is 0 Å². The topological polar surface area (TPSA) is 84.0 Å². The van der Waals surface area contributed by atoms with Crippen LogP contribution in [0.1, 0.15) is 43.7 Å². The first-order valence-corrected chi connectivity index (χ1v) is 10.7. The molecule has 2 unspecified atom stereocenters. The lowest BCUT2D eigenvalue weighted by molar-refractivity contribution is -0.0264. The van der Waals surface area contributed by atoms with Crippen LogP contribution in [0.5, 0.6) is 0 Å². The number of aromatic nitrogens is 3. The van der Waals surface area contributed by atoms with E-state index >= 15 is 0 Å². The summed E-state index contributed by atoms with van der Waals surface area (Å²) in [6.45, 7) is 5.53. The zero-order valence-corrected chi connectivity index (χ0v) is 17.8. The van der Waals surface area contributed by atoms with Gasteiger partial charge in [0.05, 0.1) is 35.5 Å². The van der Waals surface area contributed by atoms with Gasteiger partial charge in [0.25, 0.3) is 0 Å². The molecule has 1 aliphatic carbocycles. The average Bonchev–Trinajstić information content (AvgIpc) is 3.28. The molecule has 7 heteroatoms. The van der Waals surface area contributed by atoms with Crippen molar-refractivity contribution in [3.63, 3.8) is 0 Å². The molecule has 2 fully saturated rings. The molecule has 1 aliphatic heterocycles. The Morgan fingerprint density at radius 3 is 2.87 bits per heavy atom. The first-order valence-electron chi connectivity index (χ1n) is 10.7. The summed E-state index contributed by atoms with van der Waals surface area (Å²) in [5.41, 5.74) is 3.00. The van der Waals surface area contributed by atoms with Crippen molar-refractivity contribution in [1.29, 1.82) is 5.26 Å². The van der Waals surface area contributed by atoms with E-state index in [4.69, 9.17) is 4.74 Å². The number of hydrogen-bond donors (Lipinski definition) is 0. The van der Waals surface area contributed by atoms with Crippen LogP contribution in [-0.2, 0) is 11.3 Å². The molecule has 1 spiro atoms. The van der Waals surface area contributed by atoms with Gasteiger partial charge in [0.2, 0.25) is 0 Å². The lowest BCUT2D eigenvalue weighted by Gasteiger charge is -2.43. The van der Waals surface area contributed by atoms with Crippen molar-refractivity contribution in [2.24, 2.45) is 5.41 Å². The molecule has 2 aromatic heterocycles. The number of pyridine rings is 1. The smallest absolute Gasteiger partial charge is 0.416 e. The standard InChI is InChI=1S/C24H25N5O2/c1-17-4-7-21(26-12-17)29-15-24(31-22(29)30)9-3-8-23(2,13-24)14-28-16-27-19-6-5-18(11-25)10-20(19)28/h4-7,10,12,16H,3,8-9,13-15H2,1-2H3. The Morgan fingerprint density at radius 2 is 2.10 bits per heavy atom. The van der Waals surface area contributed by atoms with E-state index in [1.165, 1.54) is 0 Å². The zero-order valence-electron chi connectivity index (χ0n) is 17.8. The van der Waals surface area contributed by atoms with E-state index in [-0.39, 0.29) is 11.5 Å². The van der Waals surface area contributed by atoms with Gasteiger partial charge in [-0.25, -0.2) is 14.8 Å². The zero-order chi connectivity index (χ0) is 21.6. The summed E-state index contributed by atoms with van der Waals surface area (Å²) in [4.78, 5) is 23.3. The maximum absolute atomic E-state index is 12.7. The highest BCUT2D eigenvalue weighted by Gasteiger charge is 2.52. The Labute approximate surface area is 181 Å². The van der Waals surface area contributed by atoms with Crippen LogP contribution in [-0.4, -0.2) is 32.8 Å². The second-order valence-corrected chi connectivity index (χ2v) is 9.36. The number of aryl methyl sites for hydroxylation is 1. The van der Waals surface area contributed by atoms with E-state index < -0.39 is 5.60 Å². The summed E-state index contributed by atoms with van der Waals surface area (Å²) >= 11 is 0. The molecule has 2 atom stereocenters. The van der Waals surface area contributed by atoms with Gasteiger partial charge in [0, 0.05) is 12.7 Å². The quantitative estimate of drug-likeness (QED) is 0.625. The van der Waals surface area contributed by atoms with Crippen LogP contribution in [0.15, 0.2) is 42.9 Å².